The van der Waals surface area contributed by atoms with Gasteiger partial charge in [-0.3, -0.25) is 9.59 Å². The van der Waals surface area contributed by atoms with Crippen LogP contribution in [0.4, 0.5) is 0 Å². The molecule has 2 aliphatic rings. The molecule has 0 spiro atoms. The van der Waals surface area contributed by atoms with Crippen LogP contribution in [0.15, 0.2) is 23.3 Å². The fourth-order valence-electron chi connectivity index (χ4n) is 4.29. The standard InChI is InChI=1S/C22H34O2/c1-13(2)17-9-7-15(5)19(21(17)23)11-12-20-16(6)8-10-18(14(3)4)22(20)24/h11-18H,7-10H2,1-6H3/b19-11-,20-12+/t15-,16-,17+,18-/m1/s1. The molecule has 0 saturated heterocycles. The third-order valence-electron chi connectivity index (χ3n) is 6.18. The Morgan fingerprint density at radius 2 is 1.04 bits per heavy atom. The van der Waals surface area contributed by atoms with Crippen molar-refractivity contribution in [3.8, 4) is 0 Å². The van der Waals surface area contributed by atoms with E-state index in [9.17, 15) is 9.59 Å². The van der Waals surface area contributed by atoms with Crippen LogP contribution in [0.2, 0.25) is 0 Å². The lowest BCUT2D eigenvalue weighted by atomic mass is 9.72. The number of allylic oxidation sites excluding steroid dienone is 4. The quantitative estimate of drug-likeness (QED) is 0.651. The molecule has 2 nitrogen and oxygen atoms in total. The molecule has 0 aromatic carbocycles. The third kappa shape index (κ3) is 3.90. The zero-order valence-corrected chi connectivity index (χ0v) is 16.3. The van der Waals surface area contributed by atoms with E-state index in [-0.39, 0.29) is 11.8 Å². The van der Waals surface area contributed by atoms with Gasteiger partial charge in [-0.15, -0.1) is 0 Å². The molecule has 2 rings (SSSR count). The summed E-state index contributed by atoms with van der Waals surface area (Å²) in [6.45, 7) is 12.8. The lowest BCUT2D eigenvalue weighted by Gasteiger charge is -2.31. The van der Waals surface area contributed by atoms with Crippen LogP contribution in [0, 0.1) is 35.5 Å². The molecule has 0 amide bonds. The number of carbonyl (C=O) groups excluding carboxylic acids is 2. The van der Waals surface area contributed by atoms with Gasteiger partial charge in [-0.1, -0.05) is 53.7 Å². The summed E-state index contributed by atoms with van der Waals surface area (Å²) < 4.78 is 0. The van der Waals surface area contributed by atoms with Gasteiger partial charge < -0.3 is 0 Å². The van der Waals surface area contributed by atoms with Crippen LogP contribution in [0.1, 0.15) is 67.2 Å². The predicted octanol–water partition coefficient (Wildman–Crippen LogP) is 5.38. The van der Waals surface area contributed by atoms with Gasteiger partial charge in [0.05, 0.1) is 0 Å². The number of carbonyl (C=O) groups is 2. The Kier molecular flexibility index (Phi) is 6.22. The van der Waals surface area contributed by atoms with E-state index in [0.717, 1.165) is 36.8 Å². The molecule has 0 aromatic heterocycles. The normalized spacial score (nSPS) is 35.5. The van der Waals surface area contributed by atoms with Gasteiger partial charge in [-0.05, 0) is 60.5 Å². The number of hydrogen-bond acceptors (Lipinski definition) is 2. The van der Waals surface area contributed by atoms with Gasteiger partial charge in [0.15, 0.2) is 11.6 Å². The van der Waals surface area contributed by atoms with Crippen molar-refractivity contribution >= 4 is 11.6 Å². The summed E-state index contributed by atoms with van der Waals surface area (Å²) in [6, 6.07) is 0. The summed E-state index contributed by atoms with van der Waals surface area (Å²) in [6.07, 6.45) is 8.10. The van der Waals surface area contributed by atoms with Crippen molar-refractivity contribution < 1.29 is 9.59 Å². The number of ketones is 2. The van der Waals surface area contributed by atoms with Crippen LogP contribution in [0.3, 0.4) is 0 Å². The van der Waals surface area contributed by atoms with Crippen molar-refractivity contribution in [2.75, 3.05) is 0 Å². The molecule has 2 fully saturated rings. The van der Waals surface area contributed by atoms with E-state index in [1.165, 1.54) is 0 Å². The van der Waals surface area contributed by atoms with Crippen molar-refractivity contribution in [1.29, 1.82) is 0 Å². The summed E-state index contributed by atoms with van der Waals surface area (Å²) in [5, 5.41) is 0. The van der Waals surface area contributed by atoms with E-state index in [1.807, 2.05) is 12.2 Å². The molecule has 134 valence electrons. The molecular formula is C22H34O2. The third-order valence-corrected chi connectivity index (χ3v) is 6.18. The maximum Gasteiger partial charge on any atom is 0.162 e. The van der Waals surface area contributed by atoms with Gasteiger partial charge in [-0.25, -0.2) is 0 Å². The maximum atomic E-state index is 12.8. The Hall–Kier alpha value is -1.18. The topological polar surface area (TPSA) is 34.1 Å². The van der Waals surface area contributed by atoms with Crippen LogP contribution < -0.4 is 0 Å². The maximum absolute atomic E-state index is 12.8. The van der Waals surface area contributed by atoms with Crippen LogP contribution >= 0.6 is 0 Å². The lowest BCUT2D eigenvalue weighted by Crippen LogP contribution is -2.31. The molecule has 0 N–H and O–H groups in total. The molecule has 2 saturated carbocycles. The summed E-state index contributed by atoms with van der Waals surface area (Å²) in [5.74, 6) is 2.29. The van der Waals surface area contributed by atoms with Crippen molar-refractivity contribution in [2.24, 2.45) is 35.5 Å². The number of hydrogen-bond donors (Lipinski definition) is 0. The molecule has 0 radical (unpaired) electrons. The molecule has 0 bridgehead atoms. The number of rotatable bonds is 3. The van der Waals surface area contributed by atoms with Crippen molar-refractivity contribution in [3.05, 3.63) is 23.3 Å². The van der Waals surface area contributed by atoms with E-state index in [0.29, 0.717) is 35.2 Å². The molecule has 0 aliphatic heterocycles. The molecule has 4 atom stereocenters. The Labute approximate surface area is 147 Å². The Morgan fingerprint density at radius 1 is 0.708 bits per heavy atom. The van der Waals surface area contributed by atoms with Crippen LogP contribution in [-0.4, -0.2) is 11.6 Å². The first kappa shape index (κ1) is 19.1. The average molecular weight is 331 g/mol. The monoisotopic (exact) mass is 330 g/mol. The van der Waals surface area contributed by atoms with Gasteiger partial charge in [0, 0.05) is 11.8 Å². The summed E-state index contributed by atoms with van der Waals surface area (Å²) in [7, 11) is 0. The van der Waals surface area contributed by atoms with Gasteiger partial charge in [0.1, 0.15) is 0 Å². The van der Waals surface area contributed by atoms with Crippen LogP contribution in [0.5, 0.6) is 0 Å². The highest BCUT2D eigenvalue weighted by atomic mass is 16.1. The lowest BCUT2D eigenvalue weighted by molar-refractivity contribution is -0.123. The van der Waals surface area contributed by atoms with E-state index < -0.39 is 0 Å². The molecule has 2 aliphatic carbocycles. The summed E-state index contributed by atoms with van der Waals surface area (Å²) >= 11 is 0. The van der Waals surface area contributed by atoms with Crippen molar-refractivity contribution in [1.82, 2.24) is 0 Å². The number of Topliss-reactive ketones (excluding diaryl/α,β-unsaturated/α-hetero) is 2. The SMILES string of the molecule is CC(C)[C@@H]1CC[C@@H](C)/C(=C/C=C2/C(=O)[C@@H](C(C)C)CC[C@H]2C)C1=O. The minimum atomic E-state index is 0.147. The van der Waals surface area contributed by atoms with Crippen LogP contribution in [0.25, 0.3) is 0 Å². The van der Waals surface area contributed by atoms with Gasteiger partial charge in [0.2, 0.25) is 0 Å². The molecule has 0 heterocycles. The molecule has 2 heteroatoms. The minimum absolute atomic E-state index is 0.147. The highest BCUT2D eigenvalue weighted by Gasteiger charge is 2.34. The van der Waals surface area contributed by atoms with Crippen molar-refractivity contribution in [2.45, 2.75) is 67.2 Å². The second-order valence-electron chi connectivity index (χ2n) is 8.63. The summed E-state index contributed by atoms with van der Waals surface area (Å²) in [5.41, 5.74) is 1.86. The Balaban J connectivity index is 2.29. The second-order valence-corrected chi connectivity index (χ2v) is 8.63. The first-order valence-corrected chi connectivity index (χ1v) is 9.74. The van der Waals surface area contributed by atoms with E-state index in [1.54, 1.807) is 0 Å². The Bertz CT molecular complexity index is 500. The zero-order chi connectivity index (χ0) is 18.0. The zero-order valence-electron chi connectivity index (χ0n) is 16.3. The average Bonchev–Trinajstić information content (AvgIpc) is 2.48. The van der Waals surface area contributed by atoms with Gasteiger partial charge in [-0.2, -0.15) is 0 Å². The molecule has 0 unspecified atom stereocenters. The first-order valence-electron chi connectivity index (χ1n) is 9.74. The first-order chi connectivity index (χ1) is 11.2. The second kappa shape index (κ2) is 7.80. The highest BCUT2D eigenvalue weighted by Crippen LogP contribution is 2.36. The molecular weight excluding hydrogens is 296 g/mol. The fourth-order valence-corrected chi connectivity index (χ4v) is 4.29. The molecule has 0 aromatic rings. The van der Waals surface area contributed by atoms with E-state index in [4.69, 9.17) is 0 Å². The fraction of sp³-hybridized carbons (Fsp3) is 0.727. The smallest absolute Gasteiger partial charge is 0.162 e. The highest BCUT2D eigenvalue weighted by molar-refractivity contribution is 6.01. The van der Waals surface area contributed by atoms with E-state index >= 15 is 0 Å². The summed E-state index contributed by atoms with van der Waals surface area (Å²) in [4.78, 5) is 25.6. The van der Waals surface area contributed by atoms with Crippen molar-refractivity contribution in [3.63, 3.8) is 0 Å². The molecule has 24 heavy (non-hydrogen) atoms. The minimum Gasteiger partial charge on any atom is -0.294 e. The van der Waals surface area contributed by atoms with E-state index in [2.05, 4.69) is 41.5 Å². The van der Waals surface area contributed by atoms with Gasteiger partial charge >= 0.3 is 0 Å². The predicted molar refractivity (Wildman–Crippen MR) is 99.6 cm³/mol. The van der Waals surface area contributed by atoms with Crippen LogP contribution in [-0.2, 0) is 9.59 Å². The van der Waals surface area contributed by atoms with Gasteiger partial charge in [0.25, 0.3) is 0 Å². The Morgan fingerprint density at radius 3 is 1.33 bits per heavy atom. The largest absolute Gasteiger partial charge is 0.294 e.